The van der Waals surface area contributed by atoms with Crippen molar-refractivity contribution in [3.05, 3.63) is 35.9 Å². The van der Waals surface area contributed by atoms with Crippen molar-refractivity contribution in [3.63, 3.8) is 0 Å². The van der Waals surface area contributed by atoms with Crippen LogP contribution in [-0.2, 0) is 16.0 Å². The Bertz CT molecular complexity index is 445. The second-order valence-electron chi connectivity index (χ2n) is 6.35. The van der Waals surface area contributed by atoms with Crippen LogP contribution in [0.4, 0.5) is 0 Å². The third kappa shape index (κ3) is 6.77. The first-order chi connectivity index (χ1) is 10.1. The molecule has 1 aliphatic heterocycles. The summed E-state index contributed by atoms with van der Waals surface area (Å²) in [7, 11) is 0. The van der Waals surface area contributed by atoms with Crippen molar-refractivity contribution in [1.29, 1.82) is 0 Å². The maximum Gasteiger partial charge on any atom is 0.222 e. The largest absolute Gasteiger partial charge is 0.378 e. The van der Waals surface area contributed by atoms with Crippen molar-refractivity contribution in [3.8, 4) is 0 Å². The van der Waals surface area contributed by atoms with Gasteiger partial charge in [-0.1, -0.05) is 30.3 Å². The first kappa shape index (κ1) is 18.9. The van der Waals surface area contributed by atoms with Gasteiger partial charge < -0.3 is 15.4 Å². The van der Waals surface area contributed by atoms with Gasteiger partial charge in [0.25, 0.3) is 0 Å². The summed E-state index contributed by atoms with van der Waals surface area (Å²) in [4.78, 5) is 12.1. The molecule has 124 valence electrons. The van der Waals surface area contributed by atoms with Crippen molar-refractivity contribution < 1.29 is 9.53 Å². The van der Waals surface area contributed by atoms with Crippen molar-refractivity contribution in [1.82, 2.24) is 10.6 Å². The first-order valence-corrected chi connectivity index (χ1v) is 7.71. The lowest BCUT2D eigenvalue weighted by atomic mass is 9.95. The van der Waals surface area contributed by atoms with E-state index in [0.29, 0.717) is 13.0 Å². The maximum absolute atomic E-state index is 12.1. The van der Waals surface area contributed by atoms with Crippen LogP contribution in [0.15, 0.2) is 30.3 Å². The van der Waals surface area contributed by atoms with E-state index in [1.165, 1.54) is 5.56 Å². The number of amides is 1. The molecule has 2 rings (SSSR count). The summed E-state index contributed by atoms with van der Waals surface area (Å²) in [5.74, 6) is 0.0936. The summed E-state index contributed by atoms with van der Waals surface area (Å²) >= 11 is 0. The fourth-order valence-corrected chi connectivity index (χ4v) is 2.57. The highest BCUT2D eigenvalue weighted by molar-refractivity contribution is 5.85. The number of carbonyl (C=O) groups excluding carboxylic acids is 1. The van der Waals surface area contributed by atoms with Gasteiger partial charge in [0.05, 0.1) is 13.2 Å². The summed E-state index contributed by atoms with van der Waals surface area (Å²) in [6, 6.07) is 10.5. The van der Waals surface area contributed by atoms with Crippen LogP contribution >= 0.6 is 12.4 Å². The zero-order valence-corrected chi connectivity index (χ0v) is 14.2. The zero-order chi connectivity index (χ0) is 15.1. The average molecular weight is 327 g/mol. The number of ether oxygens (including phenoxy) is 1. The quantitative estimate of drug-likeness (QED) is 0.843. The Morgan fingerprint density at radius 1 is 1.36 bits per heavy atom. The lowest BCUT2D eigenvalue weighted by Crippen LogP contribution is -2.48. The number of rotatable bonds is 6. The Morgan fingerprint density at radius 3 is 2.73 bits per heavy atom. The maximum atomic E-state index is 12.1. The number of carbonyl (C=O) groups is 1. The molecule has 1 aromatic rings. The van der Waals surface area contributed by atoms with Gasteiger partial charge in [-0.3, -0.25) is 4.79 Å². The van der Waals surface area contributed by atoms with Crippen molar-refractivity contribution in [2.24, 2.45) is 0 Å². The highest BCUT2D eigenvalue weighted by atomic mass is 35.5. The lowest BCUT2D eigenvalue weighted by Gasteiger charge is -2.29. The van der Waals surface area contributed by atoms with E-state index in [-0.39, 0.29) is 29.9 Å². The van der Waals surface area contributed by atoms with Gasteiger partial charge >= 0.3 is 0 Å². The minimum absolute atomic E-state index is 0. The fourth-order valence-electron chi connectivity index (χ4n) is 2.57. The van der Waals surface area contributed by atoms with Crippen LogP contribution in [0.3, 0.4) is 0 Å². The van der Waals surface area contributed by atoms with Gasteiger partial charge in [0, 0.05) is 24.5 Å². The predicted octanol–water partition coefficient (Wildman–Crippen LogP) is 2.31. The average Bonchev–Trinajstić information content (AvgIpc) is 2.47. The van der Waals surface area contributed by atoms with E-state index >= 15 is 0 Å². The second-order valence-corrected chi connectivity index (χ2v) is 6.35. The van der Waals surface area contributed by atoms with E-state index in [1.807, 2.05) is 6.07 Å². The van der Waals surface area contributed by atoms with Crippen LogP contribution in [0.5, 0.6) is 0 Å². The molecule has 1 atom stereocenters. The van der Waals surface area contributed by atoms with Crippen molar-refractivity contribution in [2.45, 2.75) is 44.7 Å². The third-order valence-corrected chi connectivity index (χ3v) is 3.79. The van der Waals surface area contributed by atoms with E-state index in [9.17, 15) is 4.79 Å². The van der Waals surface area contributed by atoms with Gasteiger partial charge in [0.15, 0.2) is 0 Å². The van der Waals surface area contributed by atoms with E-state index in [0.717, 1.165) is 26.0 Å². The Kier molecular flexibility index (Phi) is 7.87. The molecule has 5 heteroatoms. The molecule has 1 heterocycles. The zero-order valence-electron chi connectivity index (χ0n) is 13.4. The molecule has 1 saturated heterocycles. The van der Waals surface area contributed by atoms with Gasteiger partial charge in [-0.25, -0.2) is 0 Å². The fraction of sp³-hybridized carbons (Fsp3) is 0.588. The summed E-state index contributed by atoms with van der Waals surface area (Å²) in [5.41, 5.74) is 1.12. The Hall–Kier alpha value is -1.10. The van der Waals surface area contributed by atoms with E-state index < -0.39 is 0 Å². The molecule has 1 aliphatic rings. The first-order valence-electron chi connectivity index (χ1n) is 7.71. The molecule has 2 N–H and O–H groups in total. The molecule has 0 aliphatic carbocycles. The highest BCUT2D eigenvalue weighted by Crippen LogP contribution is 2.14. The Morgan fingerprint density at radius 2 is 2.09 bits per heavy atom. The number of nitrogens with one attached hydrogen (secondary N) is 2. The lowest BCUT2D eigenvalue weighted by molar-refractivity contribution is -0.123. The minimum Gasteiger partial charge on any atom is -0.378 e. The second kappa shape index (κ2) is 9.13. The molecule has 1 fully saturated rings. The molecule has 0 saturated carbocycles. The molecule has 0 radical (unpaired) electrons. The van der Waals surface area contributed by atoms with Crippen LogP contribution < -0.4 is 10.6 Å². The smallest absolute Gasteiger partial charge is 0.222 e. The number of hydrogen-bond acceptors (Lipinski definition) is 3. The Balaban J connectivity index is 0.00000242. The molecular weight excluding hydrogens is 300 g/mol. The van der Waals surface area contributed by atoms with Crippen LogP contribution in [0, 0.1) is 0 Å². The predicted molar refractivity (Wildman–Crippen MR) is 91.5 cm³/mol. The number of hydrogen-bond donors (Lipinski definition) is 2. The van der Waals surface area contributed by atoms with Crippen LogP contribution in [0.2, 0.25) is 0 Å². The molecule has 4 nitrogen and oxygen atoms in total. The topological polar surface area (TPSA) is 50.4 Å². The normalized spacial score (nSPS) is 18.4. The van der Waals surface area contributed by atoms with E-state index in [2.05, 4.69) is 48.7 Å². The third-order valence-electron chi connectivity index (χ3n) is 3.79. The van der Waals surface area contributed by atoms with Crippen LogP contribution in [-0.4, -0.2) is 37.2 Å². The van der Waals surface area contributed by atoms with Gasteiger partial charge in [0.1, 0.15) is 0 Å². The molecular formula is C17H27ClN2O2. The van der Waals surface area contributed by atoms with E-state index in [4.69, 9.17) is 4.74 Å². The number of halogens is 1. The molecule has 1 unspecified atom stereocenters. The van der Waals surface area contributed by atoms with E-state index in [1.54, 1.807) is 0 Å². The van der Waals surface area contributed by atoms with Crippen molar-refractivity contribution >= 4 is 18.3 Å². The summed E-state index contributed by atoms with van der Waals surface area (Å²) in [6.45, 7) is 6.35. The molecule has 1 aromatic carbocycles. The van der Waals surface area contributed by atoms with Gasteiger partial charge in [-0.2, -0.15) is 0 Å². The van der Waals surface area contributed by atoms with Gasteiger partial charge in [-0.15, -0.1) is 12.4 Å². The standard InChI is InChI=1S/C17H26N2O2.ClH/c1-17(2,9-8-14-6-4-3-5-7-14)19-16(20)12-15-13-21-11-10-18-15;/h3-7,15,18H,8-13H2,1-2H3,(H,19,20);1H. The minimum atomic E-state index is -0.192. The number of morpholine rings is 1. The summed E-state index contributed by atoms with van der Waals surface area (Å²) in [5, 5.41) is 6.45. The van der Waals surface area contributed by atoms with Crippen LogP contribution in [0.1, 0.15) is 32.3 Å². The summed E-state index contributed by atoms with van der Waals surface area (Å²) < 4.78 is 5.38. The SMILES string of the molecule is CC(C)(CCc1ccccc1)NC(=O)CC1COCCN1.Cl. The van der Waals surface area contributed by atoms with Gasteiger partial charge in [-0.05, 0) is 32.3 Å². The molecule has 0 bridgehead atoms. The van der Waals surface area contributed by atoms with Crippen molar-refractivity contribution in [2.75, 3.05) is 19.8 Å². The molecule has 0 aromatic heterocycles. The number of aryl methyl sites for hydroxylation is 1. The van der Waals surface area contributed by atoms with Crippen LogP contribution in [0.25, 0.3) is 0 Å². The number of benzene rings is 1. The van der Waals surface area contributed by atoms with Gasteiger partial charge in [0.2, 0.25) is 5.91 Å². The summed E-state index contributed by atoms with van der Waals surface area (Å²) in [6.07, 6.45) is 2.38. The highest BCUT2D eigenvalue weighted by Gasteiger charge is 2.23. The Labute approximate surface area is 139 Å². The molecule has 1 amide bonds. The molecule has 22 heavy (non-hydrogen) atoms. The molecule has 0 spiro atoms. The monoisotopic (exact) mass is 326 g/mol.